The third kappa shape index (κ3) is 6.52. The average Bonchev–Trinajstić information content (AvgIpc) is 2.75. The molecule has 0 atom stereocenters. The van der Waals surface area contributed by atoms with E-state index < -0.39 is 0 Å². The summed E-state index contributed by atoms with van der Waals surface area (Å²) in [6, 6.07) is 14.8. The summed E-state index contributed by atoms with van der Waals surface area (Å²) in [5.74, 6) is 0.598. The molecule has 0 unspecified atom stereocenters. The first kappa shape index (κ1) is 20.7. The molecule has 2 aromatic rings. The summed E-state index contributed by atoms with van der Waals surface area (Å²) in [4.78, 5) is 24.5. The van der Waals surface area contributed by atoms with E-state index in [0.29, 0.717) is 18.2 Å². The monoisotopic (exact) mass is 395 g/mol. The Morgan fingerprint density at radius 3 is 2.24 bits per heavy atom. The number of hydrogen-bond donors (Lipinski definition) is 3. The Kier molecular flexibility index (Phi) is 7.50. The predicted molar refractivity (Wildman–Crippen MR) is 116 cm³/mol. The van der Waals surface area contributed by atoms with Gasteiger partial charge in [-0.05, 0) is 68.3 Å². The molecule has 0 aliphatic heterocycles. The van der Waals surface area contributed by atoms with Gasteiger partial charge in [0.25, 0.3) is 5.91 Å². The largest absolute Gasteiger partial charge is 0.494 e. The second-order valence-corrected chi connectivity index (χ2v) is 7.24. The highest BCUT2D eigenvalue weighted by atomic mass is 16.5. The van der Waals surface area contributed by atoms with Crippen molar-refractivity contribution in [3.05, 3.63) is 54.1 Å². The molecule has 0 aromatic heterocycles. The van der Waals surface area contributed by atoms with Gasteiger partial charge in [0.05, 0.1) is 13.2 Å². The third-order valence-electron chi connectivity index (χ3n) is 4.99. The van der Waals surface area contributed by atoms with Crippen molar-refractivity contribution >= 4 is 23.2 Å². The molecule has 3 rings (SSSR count). The van der Waals surface area contributed by atoms with E-state index in [1.165, 1.54) is 19.3 Å². The maximum absolute atomic E-state index is 12.4. The van der Waals surface area contributed by atoms with Crippen LogP contribution in [-0.2, 0) is 4.79 Å². The van der Waals surface area contributed by atoms with Crippen molar-refractivity contribution in [1.29, 1.82) is 0 Å². The molecule has 0 bridgehead atoms. The normalized spacial score (nSPS) is 14.1. The number of benzene rings is 2. The van der Waals surface area contributed by atoms with Gasteiger partial charge in [-0.3, -0.25) is 9.59 Å². The van der Waals surface area contributed by atoms with E-state index in [-0.39, 0.29) is 18.4 Å². The average molecular weight is 396 g/mol. The molecule has 0 radical (unpaired) electrons. The van der Waals surface area contributed by atoms with Crippen molar-refractivity contribution in [2.24, 2.45) is 0 Å². The van der Waals surface area contributed by atoms with Crippen LogP contribution in [-0.4, -0.2) is 31.0 Å². The van der Waals surface area contributed by atoms with Gasteiger partial charge in [-0.15, -0.1) is 0 Å². The van der Waals surface area contributed by atoms with Gasteiger partial charge in [-0.2, -0.15) is 0 Å². The molecular weight excluding hydrogens is 366 g/mol. The molecule has 0 heterocycles. The van der Waals surface area contributed by atoms with Crippen molar-refractivity contribution in [2.75, 3.05) is 23.8 Å². The molecule has 3 N–H and O–H groups in total. The number of amides is 2. The lowest BCUT2D eigenvalue weighted by atomic mass is 9.95. The van der Waals surface area contributed by atoms with Gasteiger partial charge < -0.3 is 20.7 Å². The predicted octanol–water partition coefficient (Wildman–Crippen LogP) is 4.20. The van der Waals surface area contributed by atoms with Crippen LogP contribution in [0.25, 0.3) is 0 Å². The minimum Gasteiger partial charge on any atom is -0.494 e. The van der Waals surface area contributed by atoms with Gasteiger partial charge in [0.15, 0.2) is 0 Å². The van der Waals surface area contributed by atoms with E-state index in [1.807, 2.05) is 43.3 Å². The van der Waals surface area contributed by atoms with Crippen LogP contribution >= 0.6 is 0 Å². The molecular formula is C23H29N3O3. The van der Waals surface area contributed by atoms with Crippen LogP contribution in [0.15, 0.2) is 48.5 Å². The summed E-state index contributed by atoms with van der Waals surface area (Å²) in [7, 11) is 0. The van der Waals surface area contributed by atoms with Crippen molar-refractivity contribution in [1.82, 2.24) is 5.32 Å². The van der Waals surface area contributed by atoms with Crippen LogP contribution in [0.1, 0.15) is 49.4 Å². The molecule has 0 saturated heterocycles. The molecule has 1 aliphatic rings. The quantitative estimate of drug-likeness (QED) is 0.626. The van der Waals surface area contributed by atoms with Gasteiger partial charge in [-0.25, -0.2) is 0 Å². The SMILES string of the molecule is CCOc1ccc(NC(=O)CNc2ccc(C(=O)NC3CCCCC3)cc2)cc1. The Labute approximate surface area is 172 Å². The highest BCUT2D eigenvalue weighted by Gasteiger charge is 2.16. The highest BCUT2D eigenvalue weighted by Crippen LogP contribution is 2.18. The second-order valence-electron chi connectivity index (χ2n) is 7.24. The number of anilines is 2. The fraction of sp³-hybridized carbons (Fsp3) is 0.391. The molecule has 154 valence electrons. The van der Waals surface area contributed by atoms with Crippen LogP contribution in [0.3, 0.4) is 0 Å². The zero-order valence-electron chi connectivity index (χ0n) is 16.9. The Morgan fingerprint density at radius 2 is 1.59 bits per heavy atom. The van der Waals surface area contributed by atoms with Gasteiger partial charge in [0.2, 0.25) is 5.91 Å². The first-order valence-electron chi connectivity index (χ1n) is 10.3. The minimum atomic E-state index is -0.145. The Bertz CT molecular complexity index is 797. The first-order valence-corrected chi connectivity index (χ1v) is 10.3. The van der Waals surface area contributed by atoms with Crippen molar-refractivity contribution in [3.63, 3.8) is 0 Å². The zero-order valence-corrected chi connectivity index (χ0v) is 16.9. The third-order valence-corrected chi connectivity index (χ3v) is 4.99. The van der Waals surface area contributed by atoms with Crippen LogP contribution in [0.2, 0.25) is 0 Å². The summed E-state index contributed by atoms with van der Waals surface area (Å²) in [5, 5.41) is 9.02. The van der Waals surface area contributed by atoms with Gasteiger partial charge in [-0.1, -0.05) is 19.3 Å². The minimum absolute atomic E-state index is 0.0308. The van der Waals surface area contributed by atoms with Crippen LogP contribution in [0.5, 0.6) is 5.75 Å². The Balaban J connectivity index is 1.44. The molecule has 6 heteroatoms. The van der Waals surface area contributed by atoms with E-state index in [2.05, 4.69) is 16.0 Å². The lowest BCUT2D eigenvalue weighted by Crippen LogP contribution is -2.36. The van der Waals surface area contributed by atoms with Crippen LogP contribution in [0, 0.1) is 0 Å². The number of carbonyl (C=O) groups excluding carboxylic acids is 2. The van der Waals surface area contributed by atoms with Crippen LogP contribution < -0.4 is 20.7 Å². The molecule has 1 aliphatic carbocycles. The summed E-state index contributed by atoms with van der Waals surface area (Å²) >= 11 is 0. The standard InChI is InChI=1S/C23H29N3O3/c1-2-29-21-14-12-20(13-15-21)25-22(27)16-24-18-10-8-17(9-11-18)23(28)26-19-6-4-3-5-7-19/h8-15,19,24H,2-7,16H2,1H3,(H,25,27)(H,26,28). The number of ether oxygens (including phenoxy) is 1. The van der Waals surface area contributed by atoms with Crippen molar-refractivity contribution in [2.45, 2.75) is 45.1 Å². The summed E-state index contributed by atoms with van der Waals surface area (Å²) in [6.45, 7) is 2.68. The highest BCUT2D eigenvalue weighted by molar-refractivity contribution is 5.95. The fourth-order valence-corrected chi connectivity index (χ4v) is 3.44. The summed E-state index contributed by atoms with van der Waals surface area (Å²) in [6.07, 6.45) is 5.77. The Hall–Kier alpha value is -3.02. The van der Waals surface area contributed by atoms with Crippen molar-refractivity contribution < 1.29 is 14.3 Å². The molecule has 6 nitrogen and oxygen atoms in total. The van der Waals surface area contributed by atoms with E-state index in [4.69, 9.17) is 4.74 Å². The topological polar surface area (TPSA) is 79.5 Å². The summed E-state index contributed by atoms with van der Waals surface area (Å²) in [5.41, 5.74) is 2.15. The fourth-order valence-electron chi connectivity index (χ4n) is 3.44. The molecule has 29 heavy (non-hydrogen) atoms. The number of rotatable bonds is 8. The maximum Gasteiger partial charge on any atom is 0.251 e. The number of hydrogen-bond acceptors (Lipinski definition) is 4. The van der Waals surface area contributed by atoms with E-state index in [0.717, 1.165) is 30.0 Å². The van der Waals surface area contributed by atoms with Gasteiger partial charge in [0, 0.05) is 23.0 Å². The first-order chi connectivity index (χ1) is 14.1. The van der Waals surface area contributed by atoms with E-state index >= 15 is 0 Å². The molecule has 1 fully saturated rings. The number of nitrogens with one attached hydrogen (secondary N) is 3. The summed E-state index contributed by atoms with van der Waals surface area (Å²) < 4.78 is 5.39. The molecule has 2 amide bonds. The lowest BCUT2D eigenvalue weighted by molar-refractivity contribution is -0.114. The van der Waals surface area contributed by atoms with Crippen molar-refractivity contribution in [3.8, 4) is 5.75 Å². The lowest BCUT2D eigenvalue weighted by Gasteiger charge is -2.22. The van der Waals surface area contributed by atoms with Crippen LogP contribution in [0.4, 0.5) is 11.4 Å². The second kappa shape index (κ2) is 10.5. The maximum atomic E-state index is 12.4. The van der Waals surface area contributed by atoms with E-state index in [1.54, 1.807) is 12.1 Å². The Morgan fingerprint density at radius 1 is 0.931 bits per heavy atom. The molecule has 2 aromatic carbocycles. The molecule has 1 saturated carbocycles. The van der Waals surface area contributed by atoms with Gasteiger partial charge >= 0.3 is 0 Å². The smallest absolute Gasteiger partial charge is 0.251 e. The van der Waals surface area contributed by atoms with Gasteiger partial charge in [0.1, 0.15) is 5.75 Å². The number of carbonyl (C=O) groups is 2. The molecule has 0 spiro atoms. The zero-order chi connectivity index (χ0) is 20.5. The van der Waals surface area contributed by atoms with E-state index in [9.17, 15) is 9.59 Å².